The fourth-order valence-electron chi connectivity index (χ4n) is 6.48. The lowest BCUT2D eigenvalue weighted by Gasteiger charge is -2.35. The molecule has 1 aromatic carbocycles. The number of nitrogens with zero attached hydrogens (tertiary/aromatic N) is 3. The van der Waals surface area contributed by atoms with Gasteiger partial charge in [0.15, 0.2) is 0 Å². The number of aliphatic carboxylic acids is 1. The van der Waals surface area contributed by atoms with Crippen LogP contribution in [0.5, 0.6) is 0 Å². The van der Waals surface area contributed by atoms with E-state index in [1.165, 1.54) is 23.5 Å². The summed E-state index contributed by atoms with van der Waals surface area (Å²) in [5.41, 5.74) is 1.82. The molecule has 2 aromatic heterocycles. The first-order valence-corrected chi connectivity index (χ1v) is 20.2. The van der Waals surface area contributed by atoms with Gasteiger partial charge >= 0.3 is 5.97 Å². The average Bonchev–Trinajstić information content (AvgIpc) is 3.61. The number of pyridine rings is 1. The topological polar surface area (TPSA) is 241 Å². The highest BCUT2D eigenvalue weighted by atomic mass is 32.2. The Hall–Kier alpha value is -4.17. The second-order valence-electron chi connectivity index (χ2n) is 13.2. The summed E-state index contributed by atoms with van der Waals surface area (Å²) in [7, 11) is -8.75. The molecule has 3 amide bonds. The molecule has 1 saturated heterocycles. The molecule has 4 heterocycles. The number of amides is 3. The summed E-state index contributed by atoms with van der Waals surface area (Å²) >= 11 is 1.40. The summed E-state index contributed by atoms with van der Waals surface area (Å²) in [5, 5.41) is 16.8. The fraction of sp³-hybridized carbons (Fsp3) is 0.469. The minimum absolute atomic E-state index is 0.0800. The van der Waals surface area contributed by atoms with E-state index in [-0.39, 0.29) is 29.9 Å². The predicted molar refractivity (Wildman–Crippen MR) is 189 cm³/mol. The van der Waals surface area contributed by atoms with Gasteiger partial charge in [-0.15, -0.1) is 11.3 Å². The Balaban J connectivity index is 1.54. The number of carbonyl (C=O) groups excluding carboxylic acids is 3. The number of nitrogens with one attached hydrogen (secondary N) is 2. The number of carboxylic acids is 1. The molecule has 5 rings (SSSR count). The molecule has 1 fully saturated rings. The van der Waals surface area contributed by atoms with Crippen LogP contribution >= 0.6 is 11.3 Å². The number of aromatic nitrogens is 1. The number of anilines is 1. The Labute approximate surface area is 298 Å². The van der Waals surface area contributed by atoms with Crippen LogP contribution in [0.1, 0.15) is 60.2 Å². The second kappa shape index (κ2) is 14.5. The number of hydrogen-bond acceptors (Lipinski definition) is 11. The van der Waals surface area contributed by atoms with Crippen LogP contribution in [0.4, 0.5) is 5.69 Å². The Bertz CT molecular complexity index is 2040. The Morgan fingerprint density at radius 3 is 2.00 bits per heavy atom. The highest BCUT2D eigenvalue weighted by molar-refractivity contribution is 7.86. The van der Waals surface area contributed by atoms with Crippen LogP contribution in [0.15, 0.2) is 29.6 Å². The molecule has 0 saturated carbocycles. The number of carbonyl (C=O) groups is 4. The van der Waals surface area contributed by atoms with E-state index in [0.29, 0.717) is 37.1 Å². The molecule has 276 valence electrons. The van der Waals surface area contributed by atoms with Gasteiger partial charge < -0.3 is 25.5 Å². The third-order valence-corrected chi connectivity index (χ3v) is 12.0. The third-order valence-electron chi connectivity index (χ3n) is 9.60. The standard InChI is InChI=1S/C32H39N5O11S3/c1-18-32(2,3)23-16-22(28-21(6-11-49-28)27(23)37(18)17-26(38)36-9-4-19(5-10-36)31(41)42)20-14-24(29(39)33-7-12-50(43,44)45)35-25(15-20)30(40)34-8-13-51(46,47)48/h6,11,14-16,18-19H,4-5,7-10,12-13,17H2,1-3H3,(H,33,39)(H,34,40)(H,41,42)(H,43,44,45)(H,46,47,48). The van der Waals surface area contributed by atoms with Gasteiger partial charge in [-0.3, -0.25) is 28.3 Å². The fourth-order valence-corrected chi connectivity index (χ4v) is 8.13. The molecule has 1 unspecified atom stereocenters. The average molecular weight is 766 g/mol. The first-order valence-electron chi connectivity index (χ1n) is 16.1. The zero-order valence-corrected chi connectivity index (χ0v) is 30.5. The minimum atomic E-state index is -4.38. The molecular weight excluding hydrogens is 727 g/mol. The van der Waals surface area contributed by atoms with E-state index in [1.54, 1.807) is 4.90 Å². The molecule has 5 N–H and O–H groups in total. The van der Waals surface area contributed by atoms with Crippen LogP contribution < -0.4 is 15.5 Å². The number of likely N-dealkylation sites (tertiary alicyclic amines) is 1. The molecule has 16 nitrogen and oxygen atoms in total. The molecule has 3 aromatic rings. The Morgan fingerprint density at radius 1 is 0.941 bits per heavy atom. The van der Waals surface area contributed by atoms with Crippen molar-refractivity contribution >= 4 is 71.0 Å². The predicted octanol–water partition coefficient (Wildman–Crippen LogP) is 2.01. The number of benzene rings is 1. The quantitative estimate of drug-likeness (QED) is 0.166. The summed E-state index contributed by atoms with van der Waals surface area (Å²) in [6.45, 7) is 6.06. The first-order chi connectivity index (χ1) is 23.8. The molecule has 1 atom stereocenters. The van der Waals surface area contributed by atoms with Crippen molar-refractivity contribution < 1.29 is 50.2 Å². The summed E-state index contributed by atoms with van der Waals surface area (Å²) in [4.78, 5) is 59.2. The molecular formula is C32H39N5O11S3. The van der Waals surface area contributed by atoms with Crippen LogP contribution in [0.25, 0.3) is 21.2 Å². The molecule has 0 radical (unpaired) electrons. The largest absolute Gasteiger partial charge is 0.481 e. The lowest BCUT2D eigenvalue weighted by Crippen LogP contribution is -2.48. The Morgan fingerprint density at radius 2 is 1.49 bits per heavy atom. The van der Waals surface area contributed by atoms with Crippen LogP contribution in [0.2, 0.25) is 0 Å². The number of piperidine rings is 1. The van der Waals surface area contributed by atoms with Crippen molar-refractivity contribution in [2.24, 2.45) is 5.92 Å². The van der Waals surface area contributed by atoms with E-state index in [9.17, 15) is 41.1 Å². The van der Waals surface area contributed by atoms with Crippen LogP contribution in [0.3, 0.4) is 0 Å². The van der Waals surface area contributed by atoms with Gasteiger partial charge in [-0.1, -0.05) is 13.8 Å². The van der Waals surface area contributed by atoms with Gasteiger partial charge in [0, 0.05) is 53.3 Å². The maximum atomic E-state index is 13.6. The zero-order valence-electron chi connectivity index (χ0n) is 28.1. The van der Waals surface area contributed by atoms with Crippen LogP contribution in [0, 0.1) is 5.92 Å². The van der Waals surface area contributed by atoms with Crippen molar-refractivity contribution in [3.63, 3.8) is 0 Å². The van der Waals surface area contributed by atoms with Gasteiger partial charge in [0.2, 0.25) is 5.91 Å². The monoisotopic (exact) mass is 765 g/mol. The van der Waals surface area contributed by atoms with E-state index in [0.717, 1.165) is 21.3 Å². The molecule has 0 aliphatic carbocycles. The van der Waals surface area contributed by atoms with Gasteiger partial charge in [0.25, 0.3) is 32.1 Å². The van der Waals surface area contributed by atoms with Gasteiger partial charge in [0.1, 0.15) is 11.4 Å². The molecule has 2 aliphatic heterocycles. The maximum absolute atomic E-state index is 13.6. The number of carboxylic acid groups (broad SMARTS) is 1. The van der Waals surface area contributed by atoms with Gasteiger partial charge in [-0.05, 0) is 60.5 Å². The number of fused-ring (bicyclic) bond motifs is 3. The molecule has 19 heteroatoms. The summed E-state index contributed by atoms with van der Waals surface area (Å²) < 4.78 is 63.7. The van der Waals surface area contributed by atoms with E-state index in [4.69, 9.17) is 9.11 Å². The molecule has 2 aliphatic rings. The van der Waals surface area contributed by atoms with Crippen LogP contribution in [-0.4, -0.2) is 115 Å². The maximum Gasteiger partial charge on any atom is 0.306 e. The van der Waals surface area contributed by atoms with Crippen molar-refractivity contribution in [2.75, 3.05) is 49.1 Å². The summed E-state index contributed by atoms with van der Waals surface area (Å²) in [6.07, 6.45) is 0.785. The van der Waals surface area contributed by atoms with Crippen molar-refractivity contribution in [1.29, 1.82) is 0 Å². The Kier molecular flexibility index (Phi) is 10.8. The van der Waals surface area contributed by atoms with Gasteiger partial charge in [-0.2, -0.15) is 16.8 Å². The van der Waals surface area contributed by atoms with Crippen molar-refractivity contribution in [3.05, 3.63) is 46.6 Å². The number of hydrogen-bond donors (Lipinski definition) is 5. The highest BCUT2D eigenvalue weighted by Crippen LogP contribution is 2.52. The lowest BCUT2D eigenvalue weighted by atomic mass is 9.80. The zero-order chi connectivity index (χ0) is 37.5. The van der Waals surface area contributed by atoms with Crippen LogP contribution in [-0.2, 0) is 35.2 Å². The third kappa shape index (κ3) is 8.49. The number of thiophene rings is 1. The molecule has 51 heavy (non-hydrogen) atoms. The van der Waals surface area contributed by atoms with E-state index >= 15 is 0 Å². The normalized spacial score (nSPS) is 17.7. The van der Waals surface area contributed by atoms with Crippen molar-refractivity contribution in [3.8, 4) is 11.1 Å². The van der Waals surface area contributed by atoms with E-state index in [2.05, 4.69) is 34.4 Å². The minimum Gasteiger partial charge on any atom is -0.481 e. The first kappa shape index (κ1) is 38.1. The molecule has 0 spiro atoms. The van der Waals surface area contributed by atoms with E-state index in [1.807, 2.05) is 24.4 Å². The SMILES string of the molecule is CC1N(CC(=O)N2CCC(C(=O)O)CC2)c2c(cc(-c3cc(C(=O)NCCS(=O)(=O)O)nc(C(=O)NCCS(=O)(=O)O)c3)c3sccc23)C1(C)C. The van der Waals surface area contributed by atoms with Crippen molar-refractivity contribution in [1.82, 2.24) is 20.5 Å². The summed E-state index contributed by atoms with van der Waals surface area (Å²) in [6, 6.07) is 6.61. The summed E-state index contributed by atoms with van der Waals surface area (Å²) in [5.74, 6) is -4.60. The highest BCUT2D eigenvalue weighted by Gasteiger charge is 2.44. The lowest BCUT2D eigenvalue weighted by molar-refractivity contribution is -0.145. The smallest absolute Gasteiger partial charge is 0.306 e. The van der Waals surface area contributed by atoms with Gasteiger partial charge in [0.05, 0.1) is 29.7 Å². The van der Waals surface area contributed by atoms with Gasteiger partial charge in [-0.25, -0.2) is 4.98 Å². The number of rotatable bonds is 12. The second-order valence-corrected chi connectivity index (χ2v) is 17.3. The molecule has 0 bridgehead atoms. The van der Waals surface area contributed by atoms with Crippen molar-refractivity contribution in [2.45, 2.75) is 45.1 Å². The van der Waals surface area contributed by atoms with E-state index < -0.39 is 73.9 Å².